The van der Waals surface area contributed by atoms with E-state index in [1.807, 2.05) is 32.0 Å². The fourth-order valence-corrected chi connectivity index (χ4v) is 1.79. The van der Waals surface area contributed by atoms with Crippen molar-refractivity contribution >= 4 is 0 Å². The minimum atomic E-state index is -0.270. The first-order chi connectivity index (χ1) is 8.50. The average molecular weight is 246 g/mol. The van der Waals surface area contributed by atoms with Crippen molar-refractivity contribution in [1.29, 1.82) is 5.26 Å². The molecule has 0 radical (unpaired) electrons. The van der Waals surface area contributed by atoms with Crippen molar-refractivity contribution in [2.75, 3.05) is 13.7 Å². The molecule has 0 spiro atoms. The van der Waals surface area contributed by atoms with Crippen LogP contribution in [-0.4, -0.2) is 13.7 Å². The van der Waals surface area contributed by atoms with Crippen molar-refractivity contribution in [1.82, 2.24) is 5.32 Å². The van der Waals surface area contributed by atoms with Gasteiger partial charge in [-0.25, -0.2) is 0 Å². The summed E-state index contributed by atoms with van der Waals surface area (Å²) in [5, 5.41) is 12.4. The molecule has 1 aromatic rings. The Balaban J connectivity index is 2.56. The maximum atomic E-state index is 8.96. The van der Waals surface area contributed by atoms with Gasteiger partial charge in [-0.15, -0.1) is 0 Å². The van der Waals surface area contributed by atoms with Crippen LogP contribution in [0.25, 0.3) is 0 Å². The Morgan fingerprint density at radius 2 is 2.06 bits per heavy atom. The minimum absolute atomic E-state index is 0.218. The first kappa shape index (κ1) is 14.5. The molecular weight excluding hydrogens is 224 g/mol. The van der Waals surface area contributed by atoms with E-state index in [-0.39, 0.29) is 11.5 Å². The molecule has 0 bridgehead atoms. The van der Waals surface area contributed by atoms with Crippen LogP contribution in [-0.2, 0) is 0 Å². The van der Waals surface area contributed by atoms with E-state index < -0.39 is 0 Å². The third-order valence-electron chi connectivity index (χ3n) is 3.11. The number of para-hydroxylation sites is 1. The van der Waals surface area contributed by atoms with Gasteiger partial charge < -0.3 is 10.1 Å². The molecule has 3 nitrogen and oxygen atoms in total. The number of nitrogens with one attached hydrogen (secondary N) is 1. The van der Waals surface area contributed by atoms with Gasteiger partial charge in [-0.1, -0.05) is 18.2 Å². The predicted molar refractivity (Wildman–Crippen MR) is 73.4 cm³/mol. The highest BCUT2D eigenvalue weighted by atomic mass is 16.5. The molecule has 0 amide bonds. The Bertz CT molecular complexity index is 421. The quantitative estimate of drug-likeness (QED) is 0.837. The molecule has 18 heavy (non-hydrogen) atoms. The molecule has 0 fully saturated rings. The molecule has 1 N–H and O–H groups in total. The van der Waals surface area contributed by atoms with Crippen LogP contribution in [0, 0.1) is 16.7 Å². The van der Waals surface area contributed by atoms with E-state index in [1.54, 1.807) is 7.11 Å². The fourth-order valence-electron chi connectivity index (χ4n) is 1.79. The van der Waals surface area contributed by atoms with E-state index in [0.29, 0.717) is 0 Å². The van der Waals surface area contributed by atoms with Crippen LogP contribution in [0.1, 0.15) is 38.8 Å². The number of hydrogen-bond acceptors (Lipinski definition) is 3. The summed E-state index contributed by atoms with van der Waals surface area (Å²) in [7, 11) is 1.68. The smallest absolute Gasteiger partial charge is 0.123 e. The van der Waals surface area contributed by atoms with Crippen molar-refractivity contribution < 1.29 is 4.74 Å². The fraction of sp³-hybridized carbons (Fsp3) is 0.533. The second kappa shape index (κ2) is 6.42. The van der Waals surface area contributed by atoms with E-state index in [1.165, 1.54) is 0 Å². The predicted octanol–water partition coefficient (Wildman–Crippen LogP) is 3.29. The zero-order valence-electron chi connectivity index (χ0n) is 11.7. The van der Waals surface area contributed by atoms with E-state index in [0.717, 1.165) is 24.3 Å². The molecule has 1 aromatic carbocycles. The number of benzene rings is 1. The average Bonchev–Trinajstić information content (AvgIpc) is 2.38. The largest absolute Gasteiger partial charge is 0.496 e. The second-order valence-electron chi connectivity index (χ2n) is 5.16. The summed E-state index contributed by atoms with van der Waals surface area (Å²) < 4.78 is 5.34. The van der Waals surface area contributed by atoms with Gasteiger partial charge in [0.05, 0.1) is 18.6 Å². The first-order valence-electron chi connectivity index (χ1n) is 6.28. The molecule has 0 aliphatic carbocycles. The second-order valence-corrected chi connectivity index (χ2v) is 5.16. The molecular formula is C15H22N2O. The van der Waals surface area contributed by atoms with Crippen LogP contribution in [0.2, 0.25) is 0 Å². The summed E-state index contributed by atoms with van der Waals surface area (Å²) in [5.74, 6) is 0.900. The topological polar surface area (TPSA) is 45.0 Å². The van der Waals surface area contributed by atoms with Gasteiger partial charge in [0.25, 0.3) is 0 Å². The van der Waals surface area contributed by atoms with Gasteiger partial charge >= 0.3 is 0 Å². The number of methoxy groups -OCH3 is 1. The molecule has 1 atom stereocenters. The SMILES string of the molecule is COc1ccccc1[C@H](C)NCCC(C)(C)C#N. The van der Waals surface area contributed by atoms with Gasteiger partial charge in [-0.2, -0.15) is 5.26 Å². The summed E-state index contributed by atoms with van der Waals surface area (Å²) in [5.41, 5.74) is 0.878. The maximum Gasteiger partial charge on any atom is 0.123 e. The molecule has 0 saturated carbocycles. The summed E-state index contributed by atoms with van der Waals surface area (Å²) in [4.78, 5) is 0. The number of nitriles is 1. The normalized spacial score (nSPS) is 12.8. The molecule has 1 rings (SSSR count). The molecule has 3 heteroatoms. The highest BCUT2D eigenvalue weighted by molar-refractivity contribution is 5.35. The number of nitrogens with zero attached hydrogens (tertiary/aromatic N) is 1. The van der Waals surface area contributed by atoms with Crippen LogP contribution in [0.3, 0.4) is 0 Å². The third-order valence-corrected chi connectivity index (χ3v) is 3.11. The molecule has 0 heterocycles. The number of ether oxygens (including phenoxy) is 1. The minimum Gasteiger partial charge on any atom is -0.496 e. The van der Waals surface area contributed by atoms with Gasteiger partial charge in [0.2, 0.25) is 0 Å². The van der Waals surface area contributed by atoms with Crippen LogP contribution < -0.4 is 10.1 Å². The number of rotatable bonds is 6. The Labute approximate surface area is 110 Å². The van der Waals surface area contributed by atoms with Crippen LogP contribution in [0.4, 0.5) is 0 Å². The highest BCUT2D eigenvalue weighted by Crippen LogP contribution is 2.25. The lowest BCUT2D eigenvalue weighted by Gasteiger charge is -2.20. The molecule has 0 aliphatic heterocycles. The lowest BCUT2D eigenvalue weighted by Crippen LogP contribution is -2.24. The van der Waals surface area contributed by atoms with Crippen LogP contribution >= 0.6 is 0 Å². The Morgan fingerprint density at radius 3 is 2.67 bits per heavy atom. The van der Waals surface area contributed by atoms with Crippen molar-refractivity contribution in [3.63, 3.8) is 0 Å². The van der Waals surface area contributed by atoms with Crippen molar-refractivity contribution in [3.8, 4) is 11.8 Å². The Kier molecular flexibility index (Phi) is 5.18. The van der Waals surface area contributed by atoms with Gasteiger partial charge in [0.1, 0.15) is 5.75 Å². The maximum absolute atomic E-state index is 8.96. The van der Waals surface area contributed by atoms with E-state index in [9.17, 15) is 0 Å². The molecule has 98 valence electrons. The monoisotopic (exact) mass is 246 g/mol. The van der Waals surface area contributed by atoms with Crippen LogP contribution in [0.5, 0.6) is 5.75 Å². The lowest BCUT2D eigenvalue weighted by atomic mass is 9.91. The zero-order chi connectivity index (χ0) is 13.6. The van der Waals surface area contributed by atoms with Gasteiger partial charge in [-0.05, 0) is 39.8 Å². The summed E-state index contributed by atoms with van der Waals surface area (Å²) in [6, 6.07) is 10.5. The Hall–Kier alpha value is -1.53. The molecule has 0 aliphatic rings. The number of hydrogen-bond donors (Lipinski definition) is 1. The highest BCUT2D eigenvalue weighted by Gasteiger charge is 2.17. The summed E-state index contributed by atoms with van der Waals surface area (Å²) in [6.07, 6.45) is 0.836. The molecule has 0 unspecified atom stereocenters. The Morgan fingerprint density at radius 1 is 1.39 bits per heavy atom. The van der Waals surface area contributed by atoms with Crippen molar-refractivity contribution in [3.05, 3.63) is 29.8 Å². The molecule has 0 saturated heterocycles. The van der Waals surface area contributed by atoms with E-state index in [2.05, 4.69) is 24.4 Å². The van der Waals surface area contributed by atoms with Crippen molar-refractivity contribution in [2.24, 2.45) is 5.41 Å². The van der Waals surface area contributed by atoms with Crippen molar-refractivity contribution in [2.45, 2.75) is 33.2 Å². The third kappa shape index (κ3) is 4.05. The molecule has 0 aromatic heterocycles. The zero-order valence-corrected chi connectivity index (χ0v) is 11.7. The van der Waals surface area contributed by atoms with Gasteiger partial charge in [0.15, 0.2) is 0 Å². The first-order valence-corrected chi connectivity index (χ1v) is 6.28. The standard InChI is InChI=1S/C15H22N2O/c1-12(17-10-9-15(2,3)11-16)13-7-5-6-8-14(13)18-4/h5-8,12,17H,9-10H2,1-4H3/t12-/m0/s1. The van der Waals surface area contributed by atoms with Gasteiger partial charge in [-0.3, -0.25) is 0 Å². The van der Waals surface area contributed by atoms with Gasteiger partial charge in [0, 0.05) is 11.6 Å². The van der Waals surface area contributed by atoms with E-state index >= 15 is 0 Å². The lowest BCUT2D eigenvalue weighted by molar-refractivity contribution is 0.391. The van der Waals surface area contributed by atoms with E-state index in [4.69, 9.17) is 10.00 Å². The summed E-state index contributed by atoms with van der Waals surface area (Å²) >= 11 is 0. The summed E-state index contributed by atoms with van der Waals surface area (Å²) in [6.45, 7) is 6.85. The van der Waals surface area contributed by atoms with Crippen LogP contribution in [0.15, 0.2) is 24.3 Å².